The molecule has 22 heavy (non-hydrogen) atoms. The third kappa shape index (κ3) is 5.48. The fourth-order valence-electron chi connectivity index (χ4n) is 2.79. The lowest BCUT2D eigenvalue weighted by atomic mass is 9.81. The van der Waals surface area contributed by atoms with Crippen LogP contribution in [0.4, 0.5) is 4.79 Å². The Balaban J connectivity index is 2.59. The maximum atomic E-state index is 12.0. The molecule has 6 heteroatoms. The first kappa shape index (κ1) is 18.7. The van der Waals surface area contributed by atoms with E-state index in [0.29, 0.717) is 32.5 Å². The van der Waals surface area contributed by atoms with Gasteiger partial charge < -0.3 is 19.5 Å². The van der Waals surface area contributed by atoms with Crippen molar-refractivity contribution < 1.29 is 24.2 Å². The van der Waals surface area contributed by atoms with Gasteiger partial charge in [-0.15, -0.1) is 0 Å². The maximum Gasteiger partial charge on any atom is 0.410 e. The van der Waals surface area contributed by atoms with Crippen LogP contribution < -0.4 is 0 Å². The van der Waals surface area contributed by atoms with E-state index in [4.69, 9.17) is 9.47 Å². The Hall–Kier alpha value is -1.30. The molecule has 0 radical (unpaired) electrons. The highest BCUT2D eigenvalue weighted by Crippen LogP contribution is 2.29. The van der Waals surface area contributed by atoms with E-state index in [1.54, 1.807) is 18.7 Å². The van der Waals surface area contributed by atoms with Crippen molar-refractivity contribution in [2.24, 2.45) is 11.8 Å². The van der Waals surface area contributed by atoms with Crippen molar-refractivity contribution >= 4 is 12.1 Å². The van der Waals surface area contributed by atoms with Crippen LogP contribution in [0.3, 0.4) is 0 Å². The van der Waals surface area contributed by atoms with E-state index in [-0.39, 0.29) is 18.0 Å². The Bertz CT molecular complexity index is 380. The number of ether oxygens (including phenoxy) is 2. The number of amides is 1. The van der Waals surface area contributed by atoms with Crippen molar-refractivity contribution in [3.8, 4) is 0 Å². The number of hydrogen-bond donors (Lipinski definition) is 1. The number of likely N-dealkylation sites (tertiary alicyclic amines) is 1. The van der Waals surface area contributed by atoms with Crippen LogP contribution in [0, 0.1) is 11.8 Å². The fraction of sp³-hybridized carbons (Fsp3) is 0.875. The molecule has 1 fully saturated rings. The van der Waals surface area contributed by atoms with Crippen molar-refractivity contribution in [1.82, 2.24) is 4.90 Å². The van der Waals surface area contributed by atoms with Gasteiger partial charge in [-0.1, -0.05) is 0 Å². The monoisotopic (exact) mass is 315 g/mol. The van der Waals surface area contributed by atoms with Crippen LogP contribution in [0.25, 0.3) is 0 Å². The highest BCUT2D eigenvalue weighted by atomic mass is 16.6. The number of aliphatic hydroxyl groups excluding tert-OH is 1. The summed E-state index contributed by atoms with van der Waals surface area (Å²) in [7, 11) is 0. The van der Waals surface area contributed by atoms with Gasteiger partial charge in [-0.05, 0) is 53.4 Å². The number of esters is 1. The standard InChI is InChI=1S/C16H29NO5/c1-6-21-14(19)13(11(2)18)12-7-9-17(10-8-12)15(20)22-16(3,4)5/h11-13,18H,6-10H2,1-5H3/t11-,13-/m1/s1. The molecule has 0 aromatic rings. The van der Waals surface area contributed by atoms with E-state index in [0.717, 1.165) is 0 Å². The smallest absolute Gasteiger partial charge is 0.410 e. The van der Waals surface area contributed by atoms with Crippen molar-refractivity contribution in [3.05, 3.63) is 0 Å². The molecule has 128 valence electrons. The Morgan fingerprint density at radius 3 is 2.23 bits per heavy atom. The first-order valence-electron chi connectivity index (χ1n) is 7.98. The van der Waals surface area contributed by atoms with Crippen LogP contribution in [0.15, 0.2) is 0 Å². The maximum absolute atomic E-state index is 12.0. The number of carbonyl (C=O) groups excluding carboxylic acids is 2. The van der Waals surface area contributed by atoms with Crippen molar-refractivity contribution in [3.63, 3.8) is 0 Å². The molecule has 6 nitrogen and oxygen atoms in total. The lowest BCUT2D eigenvalue weighted by Crippen LogP contribution is -2.45. The predicted molar refractivity (Wildman–Crippen MR) is 82.3 cm³/mol. The molecular weight excluding hydrogens is 286 g/mol. The van der Waals surface area contributed by atoms with E-state index in [1.807, 2.05) is 20.8 Å². The fourth-order valence-corrected chi connectivity index (χ4v) is 2.79. The van der Waals surface area contributed by atoms with Gasteiger partial charge in [0, 0.05) is 13.1 Å². The molecule has 2 atom stereocenters. The van der Waals surface area contributed by atoms with E-state index in [1.165, 1.54) is 0 Å². The molecular formula is C16H29NO5. The Morgan fingerprint density at radius 2 is 1.82 bits per heavy atom. The van der Waals surface area contributed by atoms with Gasteiger partial charge in [0.05, 0.1) is 18.6 Å². The molecule has 0 saturated carbocycles. The third-order valence-electron chi connectivity index (χ3n) is 3.78. The normalized spacial score (nSPS) is 19.5. The van der Waals surface area contributed by atoms with Crippen molar-refractivity contribution in [1.29, 1.82) is 0 Å². The lowest BCUT2D eigenvalue weighted by molar-refractivity contribution is -0.155. The highest BCUT2D eigenvalue weighted by Gasteiger charge is 2.37. The summed E-state index contributed by atoms with van der Waals surface area (Å²) in [4.78, 5) is 25.7. The van der Waals surface area contributed by atoms with Crippen LogP contribution in [0.2, 0.25) is 0 Å². The summed E-state index contributed by atoms with van der Waals surface area (Å²) in [6.07, 6.45) is 0.245. The molecule has 0 aliphatic carbocycles. The SMILES string of the molecule is CCOC(=O)[C@@H](C1CCN(C(=O)OC(C)(C)C)CC1)[C@@H](C)O. The van der Waals surface area contributed by atoms with Gasteiger partial charge in [-0.25, -0.2) is 4.79 Å². The van der Waals surface area contributed by atoms with Crippen LogP contribution in [-0.2, 0) is 14.3 Å². The summed E-state index contributed by atoms with van der Waals surface area (Å²) in [6.45, 7) is 10.2. The average molecular weight is 315 g/mol. The zero-order valence-corrected chi connectivity index (χ0v) is 14.3. The molecule has 1 heterocycles. The number of carbonyl (C=O) groups is 2. The molecule has 0 bridgehead atoms. The van der Waals surface area contributed by atoms with E-state index in [9.17, 15) is 14.7 Å². The van der Waals surface area contributed by atoms with Gasteiger partial charge in [0.25, 0.3) is 0 Å². The average Bonchev–Trinajstić information content (AvgIpc) is 2.37. The van der Waals surface area contributed by atoms with E-state index >= 15 is 0 Å². The number of nitrogens with zero attached hydrogens (tertiary/aromatic N) is 1. The van der Waals surface area contributed by atoms with Gasteiger partial charge in [-0.3, -0.25) is 4.79 Å². The van der Waals surface area contributed by atoms with Crippen LogP contribution >= 0.6 is 0 Å². The lowest BCUT2D eigenvalue weighted by Gasteiger charge is -2.36. The number of aliphatic hydroxyl groups is 1. The predicted octanol–water partition coefficient (Wildman–Crippen LogP) is 2.19. The number of piperidine rings is 1. The molecule has 1 aliphatic heterocycles. The first-order valence-corrected chi connectivity index (χ1v) is 7.98. The van der Waals surface area contributed by atoms with Crippen LogP contribution in [0.1, 0.15) is 47.5 Å². The number of rotatable bonds is 4. The zero-order valence-electron chi connectivity index (χ0n) is 14.3. The Kier molecular flexibility index (Phi) is 6.66. The van der Waals surface area contributed by atoms with E-state index < -0.39 is 17.6 Å². The summed E-state index contributed by atoms with van der Waals surface area (Å²) in [5, 5.41) is 9.88. The van der Waals surface area contributed by atoms with Gasteiger partial charge in [0.1, 0.15) is 5.60 Å². The largest absolute Gasteiger partial charge is 0.466 e. The molecule has 1 saturated heterocycles. The molecule has 1 aliphatic rings. The number of hydrogen-bond acceptors (Lipinski definition) is 5. The topological polar surface area (TPSA) is 76.1 Å². The molecule has 1 N–H and O–H groups in total. The minimum absolute atomic E-state index is 0.0257. The van der Waals surface area contributed by atoms with Crippen molar-refractivity contribution in [2.75, 3.05) is 19.7 Å². The second-order valence-corrected chi connectivity index (χ2v) is 6.82. The summed E-state index contributed by atoms with van der Waals surface area (Å²) >= 11 is 0. The molecule has 1 amide bonds. The van der Waals surface area contributed by atoms with E-state index in [2.05, 4.69) is 0 Å². The minimum atomic E-state index is -0.753. The second-order valence-electron chi connectivity index (χ2n) is 6.82. The Morgan fingerprint density at radius 1 is 1.27 bits per heavy atom. The Labute approximate surface area is 132 Å². The minimum Gasteiger partial charge on any atom is -0.466 e. The molecule has 0 spiro atoms. The second kappa shape index (κ2) is 7.81. The highest BCUT2D eigenvalue weighted by molar-refractivity contribution is 5.73. The molecule has 1 rings (SSSR count). The molecule has 0 unspecified atom stereocenters. The summed E-state index contributed by atoms with van der Waals surface area (Å²) < 4.78 is 10.4. The van der Waals surface area contributed by atoms with Crippen LogP contribution in [-0.4, -0.2) is 53.5 Å². The summed E-state index contributed by atoms with van der Waals surface area (Å²) in [6, 6.07) is 0. The van der Waals surface area contributed by atoms with Gasteiger partial charge in [0.15, 0.2) is 0 Å². The first-order chi connectivity index (χ1) is 10.2. The third-order valence-corrected chi connectivity index (χ3v) is 3.78. The zero-order chi connectivity index (χ0) is 16.9. The van der Waals surface area contributed by atoms with Crippen LogP contribution in [0.5, 0.6) is 0 Å². The quantitative estimate of drug-likeness (QED) is 0.805. The van der Waals surface area contributed by atoms with Gasteiger partial charge in [-0.2, -0.15) is 0 Å². The van der Waals surface area contributed by atoms with Gasteiger partial charge >= 0.3 is 12.1 Å². The summed E-state index contributed by atoms with van der Waals surface area (Å²) in [5.74, 6) is -0.855. The van der Waals surface area contributed by atoms with Gasteiger partial charge in [0.2, 0.25) is 0 Å². The van der Waals surface area contributed by atoms with Crippen molar-refractivity contribution in [2.45, 2.75) is 59.2 Å². The summed E-state index contributed by atoms with van der Waals surface area (Å²) in [5.41, 5.74) is -0.513. The molecule has 0 aromatic carbocycles. The molecule has 0 aromatic heterocycles.